The van der Waals surface area contributed by atoms with Crippen molar-refractivity contribution in [3.05, 3.63) is 59.6 Å². The summed E-state index contributed by atoms with van der Waals surface area (Å²) in [5.41, 5.74) is 11.3. The number of aromatic nitrogens is 2. The van der Waals surface area contributed by atoms with Gasteiger partial charge in [0, 0.05) is 17.4 Å². The Hall–Kier alpha value is -2.83. The largest absolute Gasteiger partial charge is 0.493 e. The highest BCUT2D eigenvalue weighted by Crippen LogP contribution is 2.36. The van der Waals surface area contributed by atoms with Crippen LogP contribution in [0, 0.1) is 0 Å². The van der Waals surface area contributed by atoms with Crippen molar-refractivity contribution < 1.29 is 9.47 Å². The van der Waals surface area contributed by atoms with Crippen molar-refractivity contribution in [1.29, 1.82) is 0 Å². The first-order valence-electron chi connectivity index (χ1n) is 8.73. The fourth-order valence-electron chi connectivity index (χ4n) is 3.31. The summed E-state index contributed by atoms with van der Waals surface area (Å²) in [4.78, 5) is 5.87. The Balaban J connectivity index is 1.92. The molecule has 6 heteroatoms. The summed E-state index contributed by atoms with van der Waals surface area (Å²) >= 11 is 1.64. The molecule has 2 aromatic carbocycles. The van der Waals surface area contributed by atoms with Crippen LogP contribution in [0.25, 0.3) is 27.5 Å². The second kappa shape index (κ2) is 7.42. The van der Waals surface area contributed by atoms with Crippen LogP contribution in [0.15, 0.2) is 53.9 Å². The normalized spacial score (nSPS) is 11.1. The van der Waals surface area contributed by atoms with Crippen LogP contribution < -0.4 is 15.2 Å². The molecule has 138 valence electrons. The molecule has 0 atom stereocenters. The molecule has 0 radical (unpaired) electrons. The summed E-state index contributed by atoms with van der Waals surface area (Å²) in [6, 6.07) is 16.2. The Morgan fingerprint density at radius 2 is 1.78 bits per heavy atom. The van der Waals surface area contributed by atoms with E-state index in [1.54, 1.807) is 25.6 Å². The van der Waals surface area contributed by atoms with Crippen molar-refractivity contribution in [3.63, 3.8) is 0 Å². The first-order chi connectivity index (χ1) is 13.3. The molecule has 0 saturated carbocycles. The number of nitrogens with zero attached hydrogens (tertiary/aromatic N) is 2. The highest BCUT2D eigenvalue weighted by molar-refractivity contribution is 7.15. The summed E-state index contributed by atoms with van der Waals surface area (Å²) in [5.74, 6) is 1.39. The van der Waals surface area contributed by atoms with Gasteiger partial charge in [-0.1, -0.05) is 30.3 Å². The molecule has 2 aromatic heterocycles. The molecule has 0 saturated heterocycles. The predicted molar refractivity (Wildman–Crippen MR) is 110 cm³/mol. The van der Waals surface area contributed by atoms with E-state index in [4.69, 9.17) is 20.2 Å². The summed E-state index contributed by atoms with van der Waals surface area (Å²) in [6.45, 7) is 0.554. The number of thiazole rings is 1. The summed E-state index contributed by atoms with van der Waals surface area (Å²) in [5, 5.41) is 2.15. The van der Waals surface area contributed by atoms with E-state index >= 15 is 0 Å². The fourth-order valence-corrected chi connectivity index (χ4v) is 4.22. The van der Waals surface area contributed by atoms with E-state index in [0.29, 0.717) is 18.0 Å². The number of ether oxygens (including phenoxy) is 2. The van der Waals surface area contributed by atoms with Gasteiger partial charge in [0.1, 0.15) is 0 Å². The molecule has 0 bridgehead atoms. The van der Waals surface area contributed by atoms with E-state index in [2.05, 4.69) is 21.9 Å². The number of hydrogen-bond acceptors (Lipinski definition) is 5. The number of benzene rings is 2. The number of rotatable bonds is 6. The van der Waals surface area contributed by atoms with E-state index in [0.717, 1.165) is 34.0 Å². The molecule has 0 aliphatic heterocycles. The average molecular weight is 379 g/mol. The lowest BCUT2D eigenvalue weighted by Crippen LogP contribution is -2.06. The molecular weight excluding hydrogens is 358 g/mol. The van der Waals surface area contributed by atoms with E-state index in [1.165, 1.54) is 5.56 Å². The van der Waals surface area contributed by atoms with E-state index in [1.807, 2.05) is 36.4 Å². The van der Waals surface area contributed by atoms with Crippen LogP contribution in [0.5, 0.6) is 11.5 Å². The third-order valence-electron chi connectivity index (χ3n) is 4.57. The van der Waals surface area contributed by atoms with Crippen molar-refractivity contribution in [2.24, 2.45) is 5.73 Å². The van der Waals surface area contributed by atoms with Crippen LogP contribution >= 0.6 is 11.3 Å². The highest BCUT2D eigenvalue weighted by Gasteiger charge is 2.19. The van der Waals surface area contributed by atoms with E-state index in [9.17, 15) is 0 Å². The Morgan fingerprint density at radius 1 is 1.00 bits per heavy atom. The van der Waals surface area contributed by atoms with Crippen LogP contribution in [0.4, 0.5) is 0 Å². The number of methoxy groups -OCH3 is 2. The van der Waals surface area contributed by atoms with Crippen LogP contribution in [-0.2, 0) is 6.42 Å². The minimum atomic E-state index is 0.554. The fraction of sp³-hybridized carbons (Fsp3) is 0.190. The second-order valence-electron chi connectivity index (χ2n) is 6.12. The Bertz CT molecular complexity index is 1070. The van der Waals surface area contributed by atoms with Crippen LogP contribution in [0.3, 0.4) is 0 Å². The van der Waals surface area contributed by atoms with Gasteiger partial charge in [0.15, 0.2) is 16.5 Å². The molecule has 0 fully saturated rings. The standard InChI is InChI=1S/C21H21N3O2S/c1-25-18-9-8-15(12-19(18)26-2)20-16(10-11-22)24-17(13-27-21(24)23-20)14-6-4-3-5-7-14/h3-9,12-13H,10-11,22H2,1-2H3. The maximum absolute atomic E-state index is 5.93. The average Bonchev–Trinajstić information content (AvgIpc) is 3.28. The SMILES string of the molecule is COc1ccc(-c2nc3scc(-c4ccccc4)n3c2CCN)cc1OC. The zero-order valence-corrected chi connectivity index (χ0v) is 16.1. The molecule has 5 nitrogen and oxygen atoms in total. The van der Waals surface area contributed by atoms with Gasteiger partial charge in [-0.2, -0.15) is 0 Å². The molecule has 4 aromatic rings. The van der Waals surface area contributed by atoms with E-state index in [-0.39, 0.29) is 0 Å². The molecular formula is C21H21N3O2S. The Morgan fingerprint density at radius 3 is 2.48 bits per heavy atom. The number of nitrogens with two attached hydrogens (primary N) is 1. The minimum Gasteiger partial charge on any atom is -0.493 e. The lowest BCUT2D eigenvalue weighted by Gasteiger charge is -2.10. The van der Waals surface area contributed by atoms with Crippen LogP contribution in [0.1, 0.15) is 5.69 Å². The zero-order chi connectivity index (χ0) is 18.8. The van der Waals surface area contributed by atoms with Crippen molar-refractivity contribution >= 4 is 16.3 Å². The third-order valence-corrected chi connectivity index (χ3v) is 5.39. The van der Waals surface area contributed by atoms with Crippen molar-refractivity contribution in [3.8, 4) is 34.0 Å². The molecule has 0 aliphatic carbocycles. The predicted octanol–water partition coefficient (Wildman–Crippen LogP) is 4.25. The maximum atomic E-state index is 5.93. The molecule has 0 unspecified atom stereocenters. The van der Waals surface area contributed by atoms with Gasteiger partial charge in [-0.25, -0.2) is 4.98 Å². The van der Waals surface area contributed by atoms with Gasteiger partial charge < -0.3 is 15.2 Å². The monoisotopic (exact) mass is 379 g/mol. The number of hydrogen-bond donors (Lipinski definition) is 1. The van der Waals surface area contributed by atoms with Gasteiger partial charge in [0.25, 0.3) is 0 Å². The van der Waals surface area contributed by atoms with Crippen molar-refractivity contribution in [2.45, 2.75) is 6.42 Å². The van der Waals surface area contributed by atoms with Gasteiger partial charge in [-0.15, -0.1) is 11.3 Å². The van der Waals surface area contributed by atoms with Gasteiger partial charge in [-0.05, 0) is 30.3 Å². The Kier molecular flexibility index (Phi) is 4.83. The first-order valence-corrected chi connectivity index (χ1v) is 9.61. The van der Waals surface area contributed by atoms with E-state index < -0.39 is 0 Å². The topological polar surface area (TPSA) is 61.8 Å². The number of fused-ring (bicyclic) bond motifs is 1. The van der Waals surface area contributed by atoms with Crippen LogP contribution in [-0.4, -0.2) is 30.1 Å². The zero-order valence-electron chi connectivity index (χ0n) is 15.3. The molecule has 4 rings (SSSR count). The third kappa shape index (κ3) is 3.07. The van der Waals surface area contributed by atoms with Gasteiger partial charge in [0.2, 0.25) is 0 Å². The van der Waals surface area contributed by atoms with Gasteiger partial charge in [0.05, 0.1) is 31.3 Å². The summed E-state index contributed by atoms with van der Waals surface area (Å²) in [6.07, 6.45) is 0.738. The first kappa shape index (κ1) is 17.6. The summed E-state index contributed by atoms with van der Waals surface area (Å²) in [7, 11) is 3.28. The molecule has 0 aliphatic rings. The van der Waals surface area contributed by atoms with Crippen LogP contribution in [0.2, 0.25) is 0 Å². The highest BCUT2D eigenvalue weighted by atomic mass is 32.1. The molecule has 2 N–H and O–H groups in total. The van der Waals surface area contributed by atoms with Crippen molar-refractivity contribution in [1.82, 2.24) is 9.38 Å². The molecule has 0 spiro atoms. The Labute approximate surface area is 162 Å². The quantitative estimate of drug-likeness (QED) is 0.544. The van der Waals surface area contributed by atoms with Crippen molar-refractivity contribution in [2.75, 3.05) is 20.8 Å². The van der Waals surface area contributed by atoms with Gasteiger partial charge in [-0.3, -0.25) is 4.40 Å². The smallest absolute Gasteiger partial charge is 0.194 e. The lowest BCUT2D eigenvalue weighted by molar-refractivity contribution is 0.355. The summed E-state index contributed by atoms with van der Waals surface area (Å²) < 4.78 is 13.0. The molecule has 27 heavy (non-hydrogen) atoms. The maximum Gasteiger partial charge on any atom is 0.194 e. The molecule has 0 amide bonds. The molecule has 2 heterocycles. The number of imidazole rings is 1. The second-order valence-corrected chi connectivity index (χ2v) is 6.96. The minimum absolute atomic E-state index is 0.554. The van der Waals surface area contributed by atoms with Gasteiger partial charge >= 0.3 is 0 Å². The lowest BCUT2D eigenvalue weighted by atomic mass is 10.1.